The third kappa shape index (κ3) is 2.93. The Morgan fingerprint density at radius 3 is 2.10 bits per heavy atom. The molecule has 0 bridgehead atoms. The number of alkyl halides is 1. The summed E-state index contributed by atoms with van der Waals surface area (Å²) in [7, 11) is 0. The van der Waals surface area contributed by atoms with Crippen LogP contribution < -0.4 is 9.80 Å². The van der Waals surface area contributed by atoms with Crippen LogP contribution in [0.5, 0.6) is 0 Å². The highest BCUT2D eigenvalue weighted by molar-refractivity contribution is 9.08. The van der Waals surface area contributed by atoms with Gasteiger partial charge in [0.1, 0.15) is 0 Å². The number of hydrogen-bond acceptors (Lipinski definition) is 4. The molecule has 1 aromatic heterocycles. The number of hydrogen-bond donors (Lipinski definition) is 0. The molecule has 1 fully saturated rings. The van der Waals surface area contributed by atoms with Gasteiger partial charge in [-0.25, -0.2) is 9.97 Å². The zero-order chi connectivity index (χ0) is 13.8. The first-order chi connectivity index (χ1) is 9.86. The van der Waals surface area contributed by atoms with Crippen LogP contribution in [-0.4, -0.2) is 36.1 Å². The van der Waals surface area contributed by atoms with Crippen LogP contribution in [0.4, 0.5) is 11.6 Å². The Labute approximate surface area is 127 Å². The Bertz CT molecular complexity index is 536. The molecule has 2 aromatic rings. The smallest absolute Gasteiger partial charge is 0.225 e. The molecule has 0 aliphatic carbocycles. The van der Waals surface area contributed by atoms with Gasteiger partial charge in [-0.3, -0.25) is 0 Å². The average Bonchev–Trinajstić information content (AvgIpc) is 2.56. The molecule has 1 saturated heterocycles. The van der Waals surface area contributed by atoms with Gasteiger partial charge in [0.15, 0.2) is 0 Å². The number of anilines is 2. The molecule has 0 atom stereocenters. The summed E-state index contributed by atoms with van der Waals surface area (Å²) in [6.45, 7) is 3.94. The quantitative estimate of drug-likeness (QED) is 0.809. The highest BCUT2D eigenvalue weighted by atomic mass is 79.9. The summed E-state index contributed by atoms with van der Waals surface area (Å²) in [5.41, 5.74) is 2.40. The van der Waals surface area contributed by atoms with E-state index in [1.54, 1.807) is 0 Å². The second-order valence-corrected chi connectivity index (χ2v) is 5.40. The van der Waals surface area contributed by atoms with Crippen LogP contribution in [0.2, 0.25) is 0 Å². The highest BCUT2D eigenvalue weighted by Gasteiger charge is 2.18. The second kappa shape index (κ2) is 6.22. The molecule has 1 aliphatic rings. The molecular formula is C15H17BrN4. The minimum atomic E-state index is 0.801. The molecule has 104 valence electrons. The zero-order valence-electron chi connectivity index (χ0n) is 11.2. The molecule has 2 heterocycles. The first-order valence-electron chi connectivity index (χ1n) is 6.78. The standard InChI is InChI=1S/C15H17BrN4/c16-10-13-11-17-15(18-12-13)20-8-6-19(7-9-20)14-4-2-1-3-5-14/h1-5,11-12H,6-10H2. The van der Waals surface area contributed by atoms with Crippen molar-refractivity contribution in [2.24, 2.45) is 0 Å². The van der Waals surface area contributed by atoms with Crippen molar-refractivity contribution in [3.05, 3.63) is 48.3 Å². The third-order valence-electron chi connectivity index (χ3n) is 3.53. The van der Waals surface area contributed by atoms with Crippen molar-refractivity contribution in [1.82, 2.24) is 9.97 Å². The van der Waals surface area contributed by atoms with Crippen LogP contribution in [0.1, 0.15) is 5.56 Å². The average molecular weight is 333 g/mol. The fourth-order valence-corrected chi connectivity index (χ4v) is 2.67. The van der Waals surface area contributed by atoms with E-state index < -0.39 is 0 Å². The van der Waals surface area contributed by atoms with E-state index in [0.29, 0.717) is 0 Å². The zero-order valence-corrected chi connectivity index (χ0v) is 12.8. The van der Waals surface area contributed by atoms with E-state index in [-0.39, 0.29) is 0 Å². The summed E-state index contributed by atoms with van der Waals surface area (Å²) in [5.74, 6) is 0.836. The van der Waals surface area contributed by atoms with E-state index in [1.165, 1.54) is 5.69 Å². The maximum atomic E-state index is 4.44. The van der Waals surface area contributed by atoms with Crippen molar-refractivity contribution in [3.8, 4) is 0 Å². The fraction of sp³-hybridized carbons (Fsp3) is 0.333. The summed E-state index contributed by atoms with van der Waals surface area (Å²) < 4.78 is 0. The third-order valence-corrected chi connectivity index (χ3v) is 4.18. The molecule has 0 unspecified atom stereocenters. The molecule has 0 spiro atoms. The van der Waals surface area contributed by atoms with Gasteiger partial charge in [0.25, 0.3) is 0 Å². The molecule has 3 rings (SSSR count). The molecule has 20 heavy (non-hydrogen) atoms. The summed E-state index contributed by atoms with van der Waals surface area (Å²) in [6.07, 6.45) is 3.78. The fourth-order valence-electron chi connectivity index (χ4n) is 2.38. The normalized spacial score (nSPS) is 15.4. The van der Waals surface area contributed by atoms with Crippen molar-refractivity contribution in [1.29, 1.82) is 0 Å². The summed E-state index contributed by atoms with van der Waals surface area (Å²) >= 11 is 3.41. The SMILES string of the molecule is BrCc1cnc(N2CCN(c3ccccc3)CC2)nc1. The molecule has 1 aromatic carbocycles. The predicted octanol–water partition coefficient (Wildman–Crippen LogP) is 2.70. The van der Waals surface area contributed by atoms with E-state index in [9.17, 15) is 0 Å². The summed E-state index contributed by atoms with van der Waals surface area (Å²) in [6, 6.07) is 10.6. The van der Waals surface area contributed by atoms with Gasteiger partial charge in [-0.15, -0.1) is 0 Å². The lowest BCUT2D eigenvalue weighted by atomic mass is 10.2. The molecular weight excluding hydrogens is 316 g/mol. The largest absolute Gasteiger partial charge is 0.368 e. The van der Waals surface area contributed by atoms with Crippen molar-refractivity contribution in [3.63, 3.8) is 0 Å². The molecule has 0 amide bonds. The van der Waals surface area contributed by atoms with Crippen LogP contribution in [0.15, 0.2) is 42.7 Å². The Morgan fingerprint density at radius 2 is 1.50 bits per heavy atom. The van der Waals surface area contributed by atoms with Gasteiger partial charge in [-0.2, -0.15) is 0 Å². The summed E-state index contributed by atoms with van der Waals surface area (Å²) in [4.78, 5) is 13.5. The van der Waals surface area contributed by atoms with E-state index in [2.05, 4.69) is 66.0 Å². The molecule has 4 nitrogen and oxygen atoms in total. The van der Waals surface area contributed by atoms with Gasteiger partial charge in [0, 0.05) is 49.6 Å². The van der Waals surface area contributed by atoms with Gasteiger partial charge < -0.3 is 9.80 Å². The van der Waals surface area contributed by atoms with Gasteiger partial charge in [0.05, 0.1) is 0 Å². The number of nitrogens with zero attached hydrogens (tertiary/aromatic N) is 4. The Balaban J connectivity index is 1.63. The Kier molecular flexibility index (Phi) is 4.16. The van der Waals surface area contributed by atoms with Crippen LogP contribution in [0.25, 0.3) is 0 Å². The van der Waals surface area contributed by atoms with Crippen LogP contribution >= 0.6 is 15.9 Å². The van der Waals surface area contributed by atoms with Gasteiger partial charge in [0.2, 0.25) is 5.95 Å². The monoisotopic (exact) mass is 332 g/mol. The number of rotatable bonds is 3. The van der Waals surface area contributed by atoms with Crippen molar-refractivity contribution in [2.45, 2.75) is 5.33 Å². The Morgan fingerprint density at radius 1 is 0.900 bits per heavy atom. The van der Waals surface area contributed by atoms with Gasteiger partial charge >= 0.3 is 0 Å². The molecule has 0 saturated carbocycles. The first kappa shape index (κ1) is 13.4. The second-order valence-electron chi connectivity index (χ2n) is 4.83. The van der Waals surface area contributed by atoms with E-state index in [4.69, 9.17) is 0 Å². The van der Waals surface area contributed by atoms with Crippen LogP contribution in [-0.2, 0) is 5.33 Å². The molecule has 0 N–H and O–H groups in total. The topological polar surface area (TPSA) is 32.3 Å². The minimum Gasteiger partial charge on any atom is -0.368 e. The first-order valence-corrected chi connectivity index (χ1v) is 7.91. The van der Waals surface area contributed by atoms with Gasteiger partial charge in [-0.05, 0) is 17.7 Å². The van der Waals surface area contributed by atoms with Crippen molar-refractivity contribution in [2.75, 3.05) is 36.0 Å². The number of para-hydroxylation sites is 1. The lowest BCUT2D eigenvalue weighted by molar-refractivity contribution is 0.639. The predicted molar refractivity (Wildman–Crippen MR) is 85.5 cm³/mol. The van der Waals surface area contributed by atoms with E-state index in [0.717, 1.165) is 43.0 Å². The minimum absolute atomic E-state index is 0.801. The number of benzene rings is 1. The molecule has 5 heteroatoms. The molecule has 0 radical (unpaired) electrons. The van der Waals surface area contributed by atoms with Crippen molar-refractivity contribution >= 4 is 27.6 Å². The van der Waals surface area contributed by atoms with Crippen molar-refractivity contribution < 1.29 is 0 Å². The van der Waals surface area contributed by atoms with Crippen LogP contribution in [0.3, 0.4) is 0 Å². The number of aromatic nitrogens is 2. The Hall–Kier alpha value is -1.62. The van der Waals surface area contributed by atoms with Crippen LogP contribution in [0, 0.1) is 0 Å². The van der Waals surface area contributed by atoms with Gasteiger partial charge in [-0.1, -0.05) is 34.1 Å². The number of piperazine rings is 1. The maximum Gasteiger partial charge on any atom is 0.225 e. The van der Waals surface area contributed by atoms with E-state index >= 15 is 0 Å². The number of halogens is 1. The maximum absolute atomic E-state index is 4.44. The highest BCUT2D eigenvalue weighted by Crippen LogP contribution is 2.17. The summed E-state index contributed by atoms with van der Waals surface area (Å²) in [5, 5.41) is 0.801. The molecule has 1 aliphatic heterocycles. The lowest BCUT2D eigenvalue weighted by Gasteiger charge is -2.36. The lowest BCUT2D eigenvalue weighted by Crippen LogP contribution is -2.47. The van der Waals surface area contributed by atoms with E-state index in [1.807, 2.05) is 12.4 Å².